The van der Waals surface area contributed by atoms with Crippen LogP contribution in [0.5, 0.6) is 0 Å². The number of fused-ring (bicyclic) bond motifs is 8. The highest BCUT2D eigenvalue weighted by Gasteiger charge is 2.18. The molecule has 1 nitrogen and oxygen atoms in total. The number of thiophene rings is 1. The molecule has 0 fully saturated rings. The van der Waals surface area contributed by atoms with Crippen LogP contribution in [0.4, 0.5) is 17.1 Å². The van der Waals surface area contributed by atoms with E-state index in [2.05, 4.69) is 193 Å². The monoisotopic (exact) mass is 653 g/mol. The molecule has 0 atom stereocenters. The van der Waals surface area contributed by atoms with Crippen LogP contribution in [0.25, 0.3) is 74.7 Å². The fourth-order valence-electron chi connectivity index (χ4n) is 7.68. The third kappa shape index (κ3) is 4.69. The highest BCUT2D eigenvalue weighted by Crippen LogP contribution is 2.44. The minimum absolute atomic E-state index is 1.12. The molecule has 0 radical (unpaired) electrons. The van der Waals surface area contributed by atoms with Crippen molar-refractivity contribution in [3.63, 3.8) is 0 Å². The maximum atomic E-state index is 2.41. The number of rotatable bonds is 5. The van der Waals surface area contributed by atoms with Crippen molar-refractivity contribution in [3.8, 4) is 22.3 Å². The van der Waals surface area contributed by atoms with Crippen LogP contribution >= 0.6 is 11.3 Å². The standard InChI is InChI=1S/C48H31NS/c1-2-11-32(12-3-1)41-15-6-8-19-46(41)49(37-27-28-40-35(31-37)22-21-33-13-4-5-14-38(33)40)36-25-23-34(24-26-36)39-17-10-18-44-42(39)29-30-45-43-16-7-9-20-47(43)50-48(44)45/h1-31H. The Hall–Kier alpha value is -6.22. The van der Waals surface area contributed by atoms with Gasteiger partial charge in [0.1, 0.15) is 0 Å². The van der Waals surface area contributed by atoms with Crippen molar-refractivity contribution in [1.29, 1.82) is 0 Å². The normalized spacial score (nSPS) is 11.6. The van der Waals surface area contributed by atoms with Crippen LogP contribution in [0, 0.1) is 0 Å². The summed E-state index contributed by atoms with van der Waals surface area (Å²) >= 11 is 1.89. The van der Waals surface area contributed by atoms with Crippen LogP contribution in [0.15, 0.2) is 188 Å². The summed E-state index contributed by atoms with van der Waals surface area (Å²) in [6.07, 6.45) is 0. The molecule has 0 aliphatic heterocycles. The fraction of sp³-hybridized carbons (Fsp3) is 0. The Morgan fingerprint density at radius 3 is 1.84 bits per heavy atom. The van der Waals surface area contributed by atoms with E-state index in [1.807, 2.05) is 11.3 Å². The van der Waals surface area contributed by atoms with Crippen molar-refractivity contribution in [2.75, 3.05) is 4.90 Å². The Balaban J connectivity index is 1.13. The van der Waals surface area contributed by atoms with Gasteiger partial charge in [0, 0.05) is 42.5 Å². The van der Waals surface area contributed by atoms with Gasteiger partial charge in [-0.1, -0.05) is 152 Å². The van der Waals surface area contributed by atoms with E-state index in [9.17, 15) is 0 Å². The van der Waals surface area contributed by atoms with Crippen molar-refractivity contribution < 1.29 is 0 Å². The lowest BCUT2D eigenvalue weighted by Crippen LogP contribution is -2.11. The molecular formula is C48H31NS. The van der Waals surface area contributed by atoms with Gasteiger partial charge in [0.15, 0.2) is 0 Å². The van der Waals surface area contributed by atoms with E-state index in [0.717, 1.165) is 17.1 Å². The Kier molecular flexibility index (Phi) is 6.75. The predicted molar refractivity (Wildman–Crippen MR) is 217 cm³/mol. The molecule has 1 heterocycles. The zero-order valence-corrected chi connectivity index (χ0v) is 28.1. The van der Waals surface area contributed by atoms with Gasteiger partial charge in [0.05, 0.1) is 5.69 Å². The number of hydrogen-bond donors (Lipinski definition) is 0. The summed E-state index contributed by atoms with van der Waals surface area (Å²) in [4.78, 5) is 2.41. The largest absolute Gasteiger partial charge is 0.310 e. The summed E-state index contributed by atoms with van der Waals surface area (Å²) in [5.74, 6) is 0. The SMILES string of the molecule is c1ccc(-c2ccccc2N(c2ccc(-c3cccc4c3ccc3c5ccccc5sc43)cc2)c2ccc3c(ccc4ccccc43)c2)cc1. The number of nitrogens with zero attached hydrogens (tertiary/aromatic N) is 1. The third-order valence-electron chi connectivity index (χ3n) is 10.1. The van der Waals surface area contributed by atoms with E-state index in [0.29, 0.717) is 0 Å². The summed E-state index contributed by atoms with van der Waals surface area (Å²) in [7, 11) is 0. The highest BCUT2D eigenvalue weighted by atomic mass is 32.1. The van der Waals surface area contributed by atoms with Crippen LogP contribution in [0.3, 0.4) is 0 Å². The van der Waals surface area contributed by atoms with Gasteiger partial charge in [-0.15, -0.1) is 11.3 Å². The van der Waals surface area contributed by atoms with Gasteiger partial charge in [-0.2, -0.15) is 0 Å². The Morgan fingerprint density at radius 1 is 0.340 bits per heavy atom. The van der Waals surface area contributed by atoms with E-state index in [1.165, 1.54) is 74.7 Å². The molecule has 1 aromatic heterocycles. The molecule has 0 saturated heterocycles. The number of para-hydroxylation sites is 1. The molecule has 234 valence electrons. The lowest BCUT2D eigenvalue weighted by Gasteiger charge is -2.28. The second-order valence-corrected chi connectivity index (χ2v) is 14.0. The van der Waals surface area contributed by atoms with Gasteiger partial charge in [0.25, 0.3) is 0 Å². The van der Waals surface area contributed by atoms with Crippen LogP contribution in [0.1, 0.15) is 0 Å². The van der Waals surface area contributed by atoms with E-state index in [-0.39, 0.29) is 0 Å². The van der Waals surface area contributed by atoms with Crippen LogP contribution in [-0.2, 0) is 0 Å². The number of benzene rings is 9. The Bertz CT molecular complexity index is 2870. The lowest BCUT2D eigenvalue weighted by molar-refractivity contribution is 1.29. The molecule has 50 heavy (non-hydrogen) atoms. The van der Waals surface area contributed by atoms with Gasteiger partial charge < -0.3 is 4.90 Å². The first-order valence-electron chi connectivity index (χ1n) is 17.1. The van der Waals surface area contributed by atoms with Crippen molar-refractivity contribution in [2.24, 2.45) is 0 Å². The first-order chi connectivity index (χ1) is 24.8. The summed E-state index contributed by atoms with van der Waals surface area (Å²) in [5, 5.41) is 10.3. The van der Waals surface area contributed by atoms with Crippen molar-refractivity contribution in [3.05, 3.63) is 188 Å². The van der Waals surface area contributed by atoms with Gasteiger partial charge in [0.2, 0.25) is 0 Å². The first kappa shape index (κ1) is 28.8. The predicted octanol–water partition coefficient (Wildman–Crippen LogP) is 14.3. The highest BCUT2D eigenvalue weighted by molar-refractivity contribution is 7.26. The second-order valence-electron chi connectivity index (χ2n) is 12.9. The Labute approximate surface area is 294 Å². The van der Waals surface area contributed by atoms with Crippen LogP contribution < -0.4 is 4.90 Å². The average Bonchev–Trinajstić information content (AvgIpc) is 3.58. The minimum Gasteiger partial charge on any atom is -0.310 e. The maximum absolute atomic E-state index is 2.41. The van der Waals surface area contributed by atoms with Gasteiger partial charge in [-0.3, -0.25) is 0 Å². The van der Waals surface area contributed by atoms with E-state index in [1.54, 1.807) is 0 Å². The molecule has 10 rings (SSSR count). The van der Waals surface area contributed by atoms with Gasteiger partial charge in [-0.05, 0) is 80.0 Å². The maximum Gasteiger partial charge on any atom is 0.0540 e. The van der Waals surface area contributed by atoms with E-state index in [4.69, 9.17) is 0 Å². The second kappa shape index (κ2) is 11.7. The van der Waals surface area contributed by atoms with Gasteiger partial charge >= 0.3 is 0 Å². The Morgan fingerprint density at radius 2 is 0.940 bits per heavy atom. The molecule has 2 heteroatoms. The third-order valence-corrected chi connectivity index (χ3v) is 11.3. The molecule has 9 aromatic carbocycles. The fourth-order valence-corrected chi connectivity index (χ4v) is 8.91. The average molecular weight is 654 g/mol. The molecular weight excluding hydrogens is 623 g/mol. The topological polar surface area (TPSA) is 3.24 Å². The van der Waals surface area contributed by atoms with E-state index < -0.39 is 0 Å². The number of hydrogen-bond acceptors (Lipinski definition) is 2. The quantitative estimate of drug-likeness (QED) is 0.167. The number of anilines is 3. The summed E-state index contributed by atoms with van der Waals surface area (Å²) < 4.78 is 2.69. The van der Waals surface area contributed by atoms with E-state index >= 15 is 0 Å². The molecule has 0 unspecified atom stereocenters. The molecule has 0 aliphatic rings. The summed E-state index contributed by atoms with van der Waals surface area (Å²) in [5.41, 5.74) is 8.23. The lowest BCUT2D eigenvalue weighted by atomic mass is 9.96. The molecule has 0 bridgehead atoms. The zero-order valence-electron chi connectivity index (χ0n) is 27.3. The molecule has 10 aromatic rings. The molecule has 0 saturated carbocycles. The molecule has 0 amide bonds. The van der Waals surface area contributed by atoms with Crippen LogP contribution in [-0.4, -0.2) is 0 Å². The first-order valence-corrected chi connectivity index (χ1v) is 17.9. The summed E-state index contributed by atoms with van der Waals surface area (Å²) in [6.45, 7) is 0. The smallest absolute Gasteiger partial charge is 0.0540 e. The minimum atomic E-state index is 1.12. The molecule has 0 N–H and O–H groups in total. The van der Waals surface area contributed by atoms with Crippen LogP contribution in [0.2, 0.25) is 0 Å². The van der Waals surface area contributed by atoms with Crippen molar-refractivity contribution in [1.82, 2.24) is 0 Å². The zero-order chi connectivity index (χ0) is 33.0. The van der Waals surface area contributed by atoms with Crippen molar-refractivity contribution >= 4 is 80.9 Å². The van der Waals surface area contributed by atoms with Gasteiger partial charge in [-0.25, -0.2) is 0 Å². The molecule has 0 spiro atoms. The van der Waals surface area contributed by atoms with Crippen molar-refractivity contribution in [2.45, 2.75) is 0 Å². The molecule has 0 aliphatic carbocycles. The summed E-state index contributed by atoms with van der Waals surface area (Å²) in [6, 6.07) is 68.6.